The maximum Gasteiger partial charge on any atom is 0.250 e. The van der Waals surface area contributed by atoms with Crippen molar-refractivity contribution in [2.45, 2.75) is 25.0 Å². The maximum atomic E-state index is 12.0. The molecule has 1 fully saturated rings. The second-order valence-corrected chi connectivity index (χ2v) is 8.53. The third-order valence-corrected chi connectivity index (χ3v) is 6.41. The Kier molecular flexibility index (Phi) is 10.4. The highest BCUT2D eigenvalue weighted by atomic mass is 35.5. The number of halogens is 2. The number of rotatable bonds is 8. The Labute approximate surface area is 214 Å². The van der Waals surface area contributed by atoms with Crippen LogP contribution in [0.15, 0.2) is 84.9 Å². The number of anilines is 1. The first-order chi connectivity index (χ1) is 15.5. The second-order valence-electron chi connectivity index (χ2n) is 8.53. The van der Waals surface area contributed by atoms with Gasteiger partial charge in [0.2, 0.25) is 0 Å². The van der Waals surface area contributed by atoms with E-state index in [4.69, 9.17) is 5.73 Å². The SMILES string of the molecule is Cl.Cl.NC(=O)c1ccccc1N(CCN1CCC(O)(c2ccccc2)CC1)Cc1ccccc1. The lowest BCUT2D eigenvalue weighted by molar-refractivity contribution is -0.0252. The summed E-state index contributed by atoms with van der Waals surface area (Å²) in [5.74, 6) is -0.412. The van der Waals surface area contributed by atoms with E-state index in [1.54, 1.807) is 6.07 Å². The summed E-state index contributed by atoms with van der Waals surface area (Å²) in [6, 6.07) is 27.8. The van der Waals surface area contributed by atoms with E-state index in [2.05, 4.69) is 21.9 Å². The first-order valence-corrected chi connectivity index (χ1v) is 11.2. The van der Waals surface area contributed by atoms with Crippen LogP contribution in [0.4, 0.5) is 5.69 Å². The zero-order chi connectivity index (χ0) is 22.4. The van der Waals surface area contributed by atoms with E-state index in [1.165, 1.54) is 5.56 Å². The molecule has 0 atom stereocenters. The molecule has 3 N–H and O–H groups in total. The third-order valence-electron chi connectivity index (χ3n) is 6.41. The molecular weight excluding hydrogens is 469 g/mol. The molecule has 0 radical (unpaired) electrons. The van der Waals surface area contributed by atoms with Crippen molar-refractivity contribution in [1.82, 2.24) is 4.90 Å². The number of benzene rings is 3. The van der Waals surface area contributed by atoms with Crippen molar-refractivity contribution < 1.29 is 9.90 Å². The highest BCUT2D eigenvalue weighted by Gasteiger charge is 2.33. The maximum absolute atomic E-state index is 12.0. The summed E-state index contributed by atoms with van der Waals surface area (Å²) in [6.07, 6.45) is 1.43. The number of para-hydroxylation sites is 1. The molecule has 0 spiro atoms. The minimum absolute atomic E-state index is 0. The van der Waals surface area contributed by atoms with Gasteiger partial charge < -0.3 is 20.6 Å². The number of likely N-dealkylation sites (tertiary alicyclic amines) is 1. The van der Waals surface area contributed by atoms with Crippen molar-refractivity contribution in [3.63, 3.8) is 0 Å². The lowest BCUT2D eigenvalue weighted by Gasteiger charge is -2.39. The van der Waals surface area contributed by atoms with Gasteiger partial charge >= 0.3 is 0 Å². The van der Waals surface area contributed by atoms with E-state index in [9.17, 15) is 9.90 Å². The number of hydrogen-bond acceptors (Lipinski definition) is 4. The van der Waals surface area contributed by atoms with E-state index >= 15 is 0 Å². The van der Waals surface area contributed by atoms with Gasteiger partial charge in [-0.15, -0.1) is 24.8 Å². The molecule has 182 valence electrons. The molecule has 34 heavy (non-hydrogen) atoms. The average molecular weight is 502 g/mol. The molecule has 3 aromatic rings. The molecule has 7 heteroatoms. The molecule has 3 aromatic carbocycles. The Morgan fingerprint density at radius 2 is 1.44 bits per heavy atom. The van der Waals surface area contributed by atoms with Crippen LogP contribution in [0, 0.1) is 0 Å². The summed E-state index contributed by atoms with van der Waals surface area (Å²) in [6.45, 7) is 3.99. The van der Waals surface area contributed by atoms with Crippen LogP contribution in [0.5, 0.6) is 0 Å². The summed E-state index contributed by atoms with van der Waals surface area (Å²) in [5, 5.41) is 11.1. The van der Waals surface area contributed by atoms with Crippen LogP contribution < -0.4 is 10.6 Å². The van der Waals surface area contributed by atoms with E-state index in [-0.39, 0.29) is 24.8 Å². The number of carbonyl (C=O) groups is 1. The van der Waals surface area contributed by atoms with Crippen LogP contribution in [0.1, 0.15) is 34.3 Å². The van der Waals surface area contributed by atoms with Gasteiger partial charge in [-0.3, -0.25) is 4.79 Å². The molecule has 0 unspecified atom stereocenters. The molecule has 1 amide bonds. The number of carbonyl (C=O) groups excluding carboxylic acids is 1. The molecular formula is C27H33Cl2N3O2. The molecule has 1 heterocycles. The average Bonchev–Trinajstić information content (AvgIpc) is 2.84. The number of nitrogens with two attached hydrogens (primary N) is 1. The minimum Gasteiger partial charge on any atom is -0.385 e. The van der Waals surface area contributed by atoms with Crippen molar-refractivity contribution in [2.75, 3.05) is 31.1 Å². The van der Waals surface area contributed by atoms with Gasteiger partial charge in [-0.1, -0.05) is 72.8 Å². The monoisotopic (exact) mass is 501 g/mol. The van der Waals surface area contributed by atoms with Gasteiger partial charge in [-0.2, -0.15) is 0 Å². The smallest absolute Gasteiger partial charge is 0.250 e. The van der Waals surface area contributed by atoms with Gasteiger partial charge in [0.25, 0.3) is 5.91 Å². The zero-order valence-corrected chi connectivity index (χ0v) is 20.8. The lowest BCUT2D eigenvalue weighted by atomic mass is 9.84. The normalized spacial score (nSPS) is 15.0. The van der Waals surface area contributed by atoms with Crippen molar-refractivity contribution in [1.29, 1.82) is 0 Å². The van der Waals surface area contributed by atoms with Crippen LogP contribution >= 0.6 is 24.8 Å². The Morgan fingerprint density at radius 1 is 0.882 bits per heavy atom. The zero-order valence-electron chi connectivity index (χ0n) is 19.2. The van der Waals surface area contributed by atoms with Crippen molar-refractivity contribution >= 4 is 36.4 Å². The summed E-state index contributed by atoms with van der Waals surface area (Å²) in [5.41, 5.74) is 8.51. The quantitative estimate of drug-likeness (QED) is 0.472. The van der Waals surface area contributed by atoms with E-state index < -0.39 is 11.5 Å². The molecule has 5 nitrogen and oxygen atoms in total. The van der Waals surface area contributed by atoms with Gasteiger partial charge in [-0.05, 0) is 36.1 Å². The second kappa shape index (κ2) is 12.8. The molecule has 1 aliphatic rings. The number of nitrogens with zero attached hydrogens (tertiary/aromatic N) is 2. The van der Waals surface area contributed by atoms with Crippen LogP contribution in [0.2, 0.25) is 0 Å². The number of piperidine rings is 1. The van der Waals surface area contributed by atoms with Gasteiger partial charge in [0.15, 0.2) is 0 Å². The van der Waals surface area contributed by atoms with E-state index in [1.807, 2.05) is 66.7 Å². The van der Waals surface area contributed by atoms with E-state index in [0.717, 1.165) is 37.4 Å². The fourth-order valence-electron chi connectivity index (χ4n) is 4.49. The van der Waals surface area contributed by atoms with Crippen LogP contribution in [0.25, 0.3) is 0 Å². The predicted molar refractivity (Wildman–Crippen MR) is 143 cm³/mol. The molecule has 4 rings (SSSR count). The molecule has 1 aliphatic heterocycles. The van der Waals surface area contributed by atoms with Gasteiger partial charge in [0.05, 0.1) is 11.2 Å². The number of amides is 1. The number of aliphatic hydroxyl groups is 1. The summed E-state index contributed by atoms with van der Waals surface area (Å²) >= 11 is 0. The summed E-state index contributed by atoms with van der Waals surface area (Å²) in [4.78, 5) is 16.7. The molecule has 0 saturated carbocycles. The molecule has 0 aliphatic carbocycles. The van der Waals surface area contributed by atoms with Crippen LogP contribution in [0.3, 0.4) is 0 Å². The minimum atomic E-state index is -0.750. The van der Waals surface area contributed by atoms with Gasteiger partial charge in [-0.25, -0.2) is 0 Å². The number of primary amides is 1. The molecule has 0 bridgehead atoms. The molecule has 1 saturated heterocycles. The van der Waals surface area contributed by atoms with Gasteiger partial charge in [0, 0.05) is 38.4 Å². The Hall–Kier alpha value is -2.57. The Balaban J connectivity index is 0.00000204. The fraction of sp³-hybridized carbons (Fsp3) is 0.296. The summed E-state index contributed by atoms with van der Waals surface area (Å²) < 4.78 is 0. The molecule has 0 aromatic heterocycles. The largest absolute Gasteiger partial charge is 0.385 e. The highest BCUT2D eigenvalue weighted by molar-refractivity contribution is 5.98. The Morgan fingerprint density at radius 3 is 2.06 bits per heavy atom. The first-order valence-electron chi connectivity index (χ1n) is 11.2. The van der Waals surface area contributed by atoms with Crippen LogP contribution in [-0.2, 0) is 12.1 Å². The van der Waals surface area contributed by atoms with Crippen LogP contribution in [-0.4, -0.2) is 42.1 Å². The Bertz CT molecular complexity index is 1030. The van der Waals surface area contributed by atoms with Gasteiger partial charge in [0.1, 0.15) is 0 Å². The number of hydrogen-bond donors (Lipinski definition) is 2. The standard InChI is InChI=1S/C27H31N3O2.2ClH/c28-26(31)24-13-7-8-14-25(24)30(21-22-9-3-1-4-10-22)20-19-29-17-15-27(32,16-18-29)23-11-5-2-6-12-23;;/h1-14,32H,15-21H2,(H2,28,31);2*1H. The van der Waals surface area contributed by atoms with Crippen molar-refractivity contribution in [3.05, 3.63) is 102 Å². The lowest BCUT2D eigenvalue weighted by Crippen LogP contribution is -2.45. The van der Waals surface area contributed by atoms with E-state index in [0.29, 0.717) is 24.9 Å². The summed E-state index contributed by atoms with van der Waals surface area (Å²) in [7, 11) is 0. The predicted octanol–water partition coefficient (Wildman–Crippen LogP) is 4.62. The third kappa shape index (κ3) is 6.73. The fourth-order valence-corrected chi connectivity index (χ4v) is 4.49. The first kappa shape index (κ1) is 27.7. The highest BCUT2D eigenvalue weighted by Crippen LogP contribution is 2.32. The van der Waals surface area contributed by atoms with Crippen molar-refractivity contribution in [2.24, 2.45) is 5.73 Å². The van der Waals surface area contributed by atoms with Crippen molar-refractivity contribution in [3.8, 4) is 0 Å². The topological polar surface area (TPSA) is 69.8 Å².